The number of carbonyl (C=O) groups is 2. The summed E-state index contributed by atoms with van der Waals surface area (Å²) in [6.07, 6.45) is 0.730. The average molecular weight is 379 g/mol. The minimum Gasteiger partial charge on any atom is -0.492 e. The SMILES string of the molecule is CCOC(=O)C(C(=O)OCC)[C@@H]1c2c(cc3c(c2OC)OCO3)CCN1C. The van der Waals surface area contributed by atoms with Gasteiger partial charge < -0.3 is 23.7 Å². The summed E-state index contributed by atoms with van der Waals surface area (Å²) in [6, 6.07) is 1.31. The number of carbonyl (C=O) groups excluding carboxylic acids is 2. The molecule has 0 aliphatic carbocycles. The smallest absolute Gasteiger partial charge is 0.322 e. The second-order valence-electron chi connectivity index (χ2n) is 6.37. The van der Waals surface area contributed by atoms with E-state index in [-0.39, 0.29) is 20.0 Å². The highest BCUT2D eigenvalue weighted by Crippen LogP contribution is 2.51. The molecule has 0 spiro atoms. The average Bonchev–Trinajstić information content (AvgIpc) is 3.10. The van der Waals surface area contributed by atoms with Crippen molar-refractivity contribution in [2.75, 3.05) is 40.7 Å². The van der Waals surface area contributed by atoms with E-state index in [0.29, 0.717) is 23.8 Å². The van der Waals surface area contributed by atoms with E-state index in [1.807, 2.05) is 18.0 Å². The monoisotopic (exact) mass is 379 g/mol. The van der Waals surface area contributed by atoms with Crippen molar-refractivity contribution in [1.82, 2.24) is 4.90 Å². The number of methoxy groups -OCH3 is 1. The molecule has 0 fully saturated rings. The van der Waals surface area contributed by atoms with E-state index < -0.39 is 23.9 Å². The Morgan fingerprint density at radius 1 is 1.22 bits per heavy atom. The van der Waals surface area contributed by atoms with Crippen LogP contribution in [0.3, 0.4) is 0 Å². The van der Waals surface area contributed by atoms with E-state index in [2.05, 4.69) is 0 Å². The normalized spacial score (nSPS) is 18.2. The zero-order chi connectivity index (χ0) is 19.6. The second-order valence-corrected chi connectivity index (χ2v) is 6.37. The quantitative estimate of drug-likeness (QED) is 0.546. The molecule has 0 amide bonds. The van der Waals surface area contributed by atoms with E-state index in [9.17, 15) is 9.59 Å². The van der Waals surface area contributed by atoms with Crippen molar-refractivity contribution in [3.8, 4) is 17.2 Å². The molecule has 0 saturated carbocycles. The number of rotatable bonds is 6. The number of fused-ring (bicyclic) bond motifs is 2. The largest absolute Gasteiger partial charge is 0.492 e. The molecule has 0 bridgehead atoms. The minimum atomic E-state index is -1.12. The third kappa shape index (κ3) is 3.41. The summed E-state index contributed by atoms with van der Waals surface area (Å²) in [4.78, 5) is 27.4. The maximum atomic E-state index is 12.7. The van der Waals surface area contributed by atoms with Crippen LogP contribution in [0.2, 0.25) is 0 Å². The standard InChI is InChI=1S/C19H25NO7/c1-5-24-18(21)14(19(22)25-6-2)15-13-11(7-8-20(15)3)9-12-16(17(13)23-4)27-10-26-12/h9,14-15H,5-8,10H2,1-4H3/t15-/m0/s1. The fourth-order valence-corrected chi connectivity index (χ4v) is 3.71. The van der Waals surface area contributed by atoms with Crippen molar-refractivity contribution in [3.63, 3.8) is 0 Å². The van der Waals surface area contributed by atoms with Crippen molar-refractivity contribution in [2.45, 2.75) is 26.3 Å². The highest BCUT2D eigenvalue weighted by atomic mass is 16.7. The van der Waals surface area contributed by atoms with Gasteiger partial charge in [-0.2, -0.15) is 0 Å². The number of nitrogens with zero attached hydrogens (tertiary/aromatic N) is 1. The Bertz CT molecular complexity index is 715. The van der Waals surface area contributed by atoms with Crippen LogP contribution in [0.25, 0.3) is 0 Å². The van der Waals surface area contributed by atoms with Gasteiger partial charge in [0.25, 0.3) is 0 Å². The third-order valence-electron chi connectivity index (χ3n) is 4.85. The summed E-state index contributed by atoms with van der Waals surface area (Å²) in [6.45, 7) is 4.53. The molecule has 3 rings (SSSR count). The van der Waals surface area contributed by atoms with E-state index in [0.717, 1.165) is 17.5 Å². The molecule has 8 heteroatoms. The van der Waals surface area contributed by atoms with Gasteiger partial charge in [-0.15, -0.1) is 0 Å². The summed E-state index contributed by atoms with van der Waals surface area (Å²) < 4.78 is 27.1. The van der Waals surface area contributed by atoms with Crippen LogP contribution in [0.4, 0.5) is 0 Å². The van der Waals surface area contributed by atoms with E-state index in [1.54, 1.807) is 13.8 Å². The van der Waals surface area contributed by atoms with Crippen LogP contribution in [0.1, 0.15) is 31.0 Å². The molecule has 0 unspecified atom stereocenters. The lowest BCUT2D eigenvalue weighted by Gasteiger charge is -2.38. The minimum absolute atomic E-state index is 0.105. The fourth-order valence-electron chi connectivity index (χ4n) is 3.71. The maximum absolute atomic E-state index is 12.7. The summed E-state index contributed by atoms with van der Waals surface area (Å²) in [5.74, 6) is -0.764. The lowest BCUT2D eigenvalue weighted by Crippen LogP contribution is -2.44. The zero-order valence-electron chi connectivity index (χ0n) is 16.1. The van der Waals surface area contributed by atoms with Crippen LogP contribution in [0.5, 0.6) is 17.2 Å². The predicted molar refractivity (Wildman–Crippen MR) is 94.9 cm³/mol. The highest BCUT2D eigenvalue weighted by molar-refractivity contribution is 5.96. The Morgan fingerprint density at radius 2 is 1.89 bits per heavy atom. The molecule has 1 aromatic carbocycles. The molecule has 0 radical (unpaired) electrons. The van der Waals surface area contributed by atoms with Gasteiger partial charge in [0.2, 0.25) is 12.5 Å². The molecule has 27 heavy (non-hydrogen) atoms. The zero-order valence-corrected chi connectivity index (χ0v) is 16.1. The third-order valence-corrected chi connectivity index (χ3v) is 4.85. The molecule has 2 aliphatic heterocycles. The molecule has 0 saturated heterocycles. The molecular formula is C19H25NO7. The van der Waals surface area contributed by atoms with Crippen LogP contribution in [0.15, 0.2) is 6.07 Å². The Hall–Kier alpha value is -2.48. The van der Waals surface area contributed by atoms with Crippen molar-refractivity contribution in [2.24, 2.45) is 5.92 Å². The van der Waals surface area contributed by atoms with Crippen LogP contribution in [-0.2, 0) is 25.5 Å². The van der Waals surface area contributed by atoms with Crippen LogP contribution in [0, 0.1) is 5.92 Å². The van der Waals surface area contributed by atoms with Crippen LogP contribution in [-0.4, -0.2) is 57.5 Å². The fraction of sp³-hybridized carbons (Fsp3) is 0.579. The summed E-state index contributed by atoms with van der Waals surface area (Å²) in [7, 11) is 3.40. The number of benzene rings is 1. The molecule has 0 N–H and O–H groups in total. The lowest BCUT2D eigenvalue weighted by atomic mass is 9.83. The lowest BCUT2D eigenvalue weighted by molar-refractivity contribution is -0.165. The van der Waals surface area contributed by atoms with Gasteiger partial charge in [0.1, 0.15) is 0 Å². The summed E-state index contributed by atoms with van der Waals surface area (Å²) in [5.41, 5.74) is 1.69. The van der Waals surface area contributed by atoms with Crippen LogP contribution >= 0.6 is 0 Å². The number of hydrogen-bond donors (Lipinski definition) is 0. The highest BCUT2D eigenvalue weighted by Gasteiger charge is 2.45. The number of likely N-dealkylation sites (N-methyl/N-ethyl adjacent to an activating group) is 1. The van der Waals surface area contributed by atoms with E-state index in [1.165, 1.54) is 7.11 Å². The first-order valence-corrected chi connectivity index (χ1v) is 9.06. The molecule has 2 aliphatic rings. The topological polar surface area (TPSA) is 83.5 Å². The van der Waals surface area contributed by atoms with Crippen molar-refractivity contribution in [3.05, 3.63) is 17.2 Å². The van der Waals surface area contributed by atoms with Gasteiger partial charge in [0.15, 0.2) is 17.4 Å². The molecule has 2 heterocycles. The van der Waals surface area contributed by atoms with Gasteiger partial charge in [-0.3, -0.25) is 14.5 Å². The van der Waals surface area contributed by atoms with E-state index in [4.69, 9.17) is 23.7 Å². The maximum Gasteiger partial charge on any atom is 0.322 e. The number of hydrogen-bond acceptors (Lipinski definition) is 8. The number of ether oxygens (including phenoxy) is 5. The van der Waals surface area contributed by atoms with Gasteiger partial charge >= 0.3 is 11.9 Å². The Labute approximate surface area is 158 Å². The van der Waals surface area contributed by atoms with E-state index >= 15 is 0 Å². The molecule has 8 nitrogen and oxygen atoms in total. The van der Waals surface area contributed by atoms with Gasteiger partial charge in [-0.1, -0.05) is 0 Å². The summed E-state index contributed by atoms with van der Waals surface area (Å²) in [5, 5.41) is 0. The van der Waals surface area contributed by atoms with Crippen LogP contribution < -0.4 is 14.2 Å². The Morgan fingerprint density at radius 3 is 2.48 bits per heavy atom. The first kappa shape index (κ1) is 19.3. The van der Waals surface area contributed by atoms with Crippen molar-refractivity contribution in [1.29, 1.82) is 0 Å². The molecular weight excluding hydrogens is 354 g/mol. The van der Waals surface area contributed by atoms with Gasteiger partial charge in [-0.05, 0) is 38.9 Å². The van der Waals surface area contributed by atoms with Gasteiger partial charge in [0, 0.05) is 12.1 Å². The first-order valence-electron chi connectivity index (χ1n) is 9.06. The van der Waals surface area contributed by atoms with Crippen molar-refractivity contribution >= 4 is 11.9 Å². The van der Waals surface area contributed by atoms with Gasteiger partial charge in [0.05, 0.1) is 26.4 Å². The number of esters is 2. The molecule has 0 aromatic heterocycles. The molecule has 1 aromatic rings. The Balaban J connectivity index is 2.14. The molecule has 148 valence electrons. The van der Waals surface area contributed by atoms with Crippen molar-refractivity contribution < 1.29 is 33.3 Å². The summed E-state index contributed by atoms with van der Waals surface area (Å²) >= 11 is 0. The Kier molecular flexibility index (Phi) is 5.74. The molecule has 1 atom stereocenters. The second kappa shape index (κ2) is 8.04. The first-order chi connectivity index (χ1) is 13.0. The van der Waals surface area contributed by atoms with Gasteiger partial charge in [-0.25, -0.2) is 0 Å². The predicted octanol–water partition coefficient (Wildman–Crippen LogP) is 1.70.